The molecule has 0 bridgehead atoms. The van der Waals surface area contributed by atoms with Gasteiger partial charge in [0, 0.05) is 11.7 Å². The molecule has 0 N–H and O–H groups in total. The van der Waals surface area contributed by atoms with E-state index in [0.29, 0.717) is 30.7 Å². The van der Waals surface area contributed by atoms with Crippen LogP contribution in [0.5, 0.6) is 11.5 Å². The summed E-state index contributed by atoms with van der Waals surface area (Å²) in [6, 6.07) is 23.6. The van der Waals surface area contributed by atoms with Crippen LogP contribution in [0.1, 0.15) is 36.7 Å². The molecule has 0 heterocycles. The number of hydrogen-bond acceptors (Lipinski definition) is 5. The molecule has 1 atom stereocenters. The van der Waals surface area contributed by atoms with Crippen molar-refractivity contribution in [1.29, 1.82) is 0 Å². The van der Waals surface area contributed by atoms with Crippen LogP contribution in [0.15, 0.2) is 72.8 Å². The summed E-state index contributed by atoms with van der Waals surface area (Å²) in [4.78, 5) is 27.0. The summed E-state index contributed by atoms with van der Waals surface area (Å²) in [5, 5.41) is 3.87. The fraction of sp³-hybridized carbons (Fsp3) is 0.267. The number of esters is 1. The van der Waals surface area contributed by atoms with Crippen LogP contribution in [-0.4, -0.2) is 37.5 Å². The molecule has 4 aromatic carbocycles. The predicted octanol–water partition coefficient (Wildman–Crippen LogP) is 7.18. The fourth-order valence-corrected chi connectivity index (χ4v) is 6.49. The summed E-state index contributed by atoms with van der Waals surface area (Å²) in [5.74, 6) is 0.914. The lowest BCUT2D eigenvalue weighted by Gasteiger charge is -2.21. The first-order chi connectivity index (χ1) is 17.6. The van der Waals surface area contributed by atoms with Crippen molar-refractivity contribution >= 4 is 41.0 Å². The first-order valence-corrected chi connectivity index (χ1v) is 14.0. The van der Waals surface area contributed by atoms with Gasteiger partial charge in [-0.25, -0.2) is 0 Å². The van der Waals surface area contributed by atoms with Gasteiger partial charge in [0.2, 0.25) is 0 Å². The van der Waals surface area contributed by atoms with Crippen molar-refractivity contribution in [3.8, 4) is 11.5 Å². The zero-order valence-electron chi connectivity index (χ0n) is 21.0. The highest BCUT2D eigenvalue weighted by Gasteiger charge is 2.29. The minimum absolute atomic E-state index is 0.0333. The van der Waals surface area contributed by atoms with Crippen molar-refractivity contribution < 1.29 is 23.8 Å². The molecule has 4 rings (SSSR count). The first kappa shape index (κ1) is 25.7. The Bertz CT molecular complexity index is 1380. The molecule has 0 saturated heterocycles. The first-order valence-electron chi connectivity index (χ1n) is 12.3. The number of fused-ring (bicyclic) bond motifs is 2. The SMILES string of the molecule is CCOC(=O)CP(Cc1c(OCC)ccc2ccccc12)C(=O)c1c(OCC)ccc2ccccc12. The van der Waals surface area contributed by atoms with Gasteiger partial charge in [-0.3, -0.25) is 9.59 Å². The largest absolute Gasteiger partial charge is 0.494 e. The van der Waals surface area contributed by atoms with Crippen LogP contribution in [-0.2, 0) is 15.7 Å². The van der Waals surface area contributed by atoms with E-state index < -0.39 is 7.92 Å². The summed E-state index contributed by atoms with van der Waals surface area (Å²) >= 11 is 0. The molecule has 0 radical (unpaired) electrons. The maximum Gasteiger partial charge on any atom is 0.310 e. The Kier molecular flexibility index (Phi) is 8.56. The van der Waals surface area contributed by atoms with Crippen LogP contribution in [0, 0.1) is 0 Å². The number of benzene rings is 4. The molecule has 4 aromatic rings. The Labute approximate surface area is 213 Å². The van der Waals surface area contributed by atoms with Crippen LogP contribution < -0.4 is 9.47 Å². The van der Waals surface area contributed by atoms with E-state index in [1.807, 2.05) is 86.6 Å². The van der Waals surface area contributed by atoms with Crippen molar-refractivity contribution in [3.63, 3.8) is 0 Å². The summed E-state index contributed by atoms with van der Waals surface area (Å²) in [6.07, 6.45) is 0.435. The molecule has 0 amide bonds. The highest BCUT2D eigenvalue weighted by Crippen LogP contribution is 2.49. The Morgan fingerprint density at radius 2 is 1.28 bits per heavy atom. The maximum atomic E-state index is 14.3. The number of carbonyl (C=O) groups is 2. The van der Waals surface area contributed by atoms with Gasteiger partial charge in [-0.05, 0) is 62.4 Å². The second kappa shape index (κ2) is 12.0. The summed E-state index contributed by atoms with van der Waals surface area (Å²) in [5.41, 5.74) is 1.40. The number of rotatable bonds is 11. The smallest absolute Gasteiger partial charge is 0.310 e. The van der Waals surface area contributed by atoms with E-state index in [4.69, 9.17) is 14.2 Å². The molecular weight excluding hydrogens is 471 g/mol. The van der Waals surface area contributed by atoms with Gasteiger partial charge in [0.25, 0.3) is 0 Å². The number of hydrogen-bond donors (Lipinski definition) is 0. The summed E-state index contributed by atoms with van der Waals surface area (Å²) in [6.45, 7) is 6.83. The zero-order valence-corrected chi connectivity index (χ0v) is 21.8. The Morgan fingerprint density at radius 1 is 0.694 bits per heavy atom. The standard InChI is InChI=1S/C30H31O5P/c1-4-33-26-17-15-21-11-7-9-13-23(21)25(26)19-36(20-28(31)35-6-3)30(32)29-24-14-10-8-12-22(24)16-18-27(29)34-5-2/h7-18H,4-6,19-20H2,1-3H3. The molecule has 0 saturated carbocycles. The third-order valence-electron chi connectivity index (χ3n) is 5.96. The van der Waals surface area contributed by atoms with Crippen molar-refractivity contribution in [2.24, 2.45) is 0 Å². The Balaban J connectivity index is 1.85. The third-order valence-corrected chi connectivity index (χ3v) is 8.10. The molecule has 0 spiro atoms. The third kappa shape index (κ3) is 5.52. The van der Waals surface area contributed by atoms with Crippen molar-refractivity contribution in [3.05, 3.63) is 83.9 Å². The molecule has 0 aliphatic heterocycles. The Morgan fingerprint density at radius 3 is 1.94 bits per heavy atom. The molecular formula is C30H31O5P. The van der Waals surface area contributed by atoms with Gasteiger partial charge >= 0.3 is 5.97 Å². The molecule has 0 fully saturated rings. The lowest BCUT2D eigenvalue weighted by Crippen LogP contribution is -2.14. The van der Waals surface area contributed by atoms with Crippen LogP contribution in [0.2, 0.25) is 0 Å². The van der Waals surface area contributed by atoms with Gasteiger partial charge in [0.15, 0.2) is 5.52 Å². The maximum absolute atomic E-state index is 14.3. The molecule has 5 nitrogen and oxygen atoms in total. The molecule has 1 unspecified atom stereocenters. The number of carbonyl (C=O) groups excluding carboxylic acids is 2. The normalized spacial score (nSPS) is 11.9. The van der Waals surface area contributed by atoms with Gasteiger partial charge in [-0.2, -0.15) is 0 Å². The average Bonchev–Trinajstić information content (AvgIpc) is 2.89. The van der Waals surface area contributed by atoms with Crippen molar-refractivity contribution in [2.45, 2.75) is 26.9 Å². The molecule has 6 heteroatoms. The predicted molar refractivity (Wildman–Crippen MR) is 147 cm³/mol. The second-order valence-corrected chi connectivity index (χ2v) is 10.4. The van der Waals surface area contributed by atoms with E-state index in [-0.39, 0.29) is 24.3 Å². The fourth-order valence-electron chi connectivity index (χ4n) is 4.43. The molecule has 36 heavy (non-hydrogen) atoms. The van der Waals surface area contributed by atoms with Crippen LogP contribution >= 0.6 is 7.92 Å². The van der Waals surface area contributed by atoms with E-state index in [1.54, 1.807) is 6.92 Å². The van der Waals surface area contributed by atoms with E-state index in [1.165, 1.54) is 0 Å². The van der Waals surface area contributed by atoms with E-state index in [0.717, 1.165) is 32.9 Å². The summed E-state index contributed by atoms with van der Waals surface area (Å²) < 4.78 is 17.2. The van der Waals surface area contributed by atoms with E-state index in [2.05, 4.69) is 0 Å². The highest BCUT2D eigenvalue weighted by molar-refractivity contribution is 7.75. The van der Waals surface area contributed by atoms with Gasteiger partial charge < -0.3 is 14.2 Å². The van der Waals surface area contributed by atoms with Gasteiger partial charge in [-0.15, -0.1) is 0 Å². The second-order valence-electron chi connectivity index (χ2n) is 8.26. The Hall–Kier alpha value is -3.43. The van der Waals surface area contributed by atoms with E-state index in [9.17, 15) is 9.59 Å². The minimum atomic E-state index is -1.50. The number of ether oxygens (including phenoxy) is 3. The van der Waals surface area contributed by atoms with Crippen LogP contribution in [0.4, 0.5) is 0 Å². The van der Waals surface area contributed by atoms with Gasteiger partial charge in [-0.1, -0.05) is 60.7 Å². The van der Waals surface area contributed by atoms with Crippen LogP contribution in [0.25, 0.3) is 21.5 Å². The van der Waals surface area contributed by atoms with Gasteiger partial charge in [0.1, 0.15) is 11.5 Å². The van der Waals surface area contributed by atoms with Crippen LogP contribution in [0.3, 0.4) is 0 Å². The average molecular weight is 503 g/mol. The highest BCUT2D eigenvalue weighted by atomic mass is 31.1. The lowest BCUT2D eigenvalue weighted by molar-refractivity contribution is -0.139. The molecule has 0 aromatic heterocycles. The monoisotopic (exact) mass is 502 g/mol. The molecule has 0 aliphatic carbocycles. The summed E-state index contributed by atoms with van der Waals surface area (Å²) in [7, 11) is -1.50. The zero-order chi connectivity index (χ0) is 25.5. The van der Waals surface area contributed by atoms with E-state index >= 15 is 0 Å². The lowest BCUT2D eigenvalue weighted by atomic mass is 10.0. The van der Waals surface area contributed by atoms with Crippen molar-refractivity contribution in [1.82, 2.24) is 0 Å². The molecule has 186 valence electrons. The van der Waals surface area contributed by atoms with Crippen molar-refractivity contribution in [2.75, 3.05) is 26.0 Å². The minimum Gasteiger partial charge on any atom is -0.494 e. The van der Waals surface area contributed by atoms with Gasteiger partial charge in [0.05, 0.1) is 31.5 Å². The molecule has 0 aliphatic rings. The topological polar surface area (TPSA) is 61.8 Å². The quantitative estimate of drug-likeness (QED) is 0.161.